The van der Waals surface area contributed by atoms with Crippen LogP contribution in [0.5, 0.6) is 0 Å². The van der Waals surface area contributed by atoms with Gasteiger partial charge in [-0.3, -0.25) is 38.4 Å². The number of carbonyl (C=O) groups is 8. The van der Waals surface area contributed by atoms with E-state index in [1.54, 1.807) is 0 Å². The maximum atomic E-state index is 14.4. The third-order valence-corrected chi connectivity index (χ3v) is 20.9. The van der Waals surface area contributed by atoms with Crippen molar-refractivity contribution in [2.24, 2.45) is 35.5 Å². The molecular formula is C82H144N8O24. The van der Waals surface area contributed by atoms with Crippen LogP contribution in [0.2, 0.25) is 0 Å². The van der Waals surface area contributed by atoms with Gasteiger partial charge < -0.3 is 118 Å². The summed E-state index contributed by atoms with van der Waals surface area (Å²) in [7, 11) is 0. The van der Waals surface area contributed by atoms with Crippen LogP contribution in [-0.2, 0) is 121 Å². The molecule has 0 bridgehead atoms. The van der Waals surface area contributed by atoms with Gasteiger partial charge in [0.15, 0.2) is 18.9 Å². The van der Waals surface area contributed by atoms with Gasteiger partial charge in [-0.2, -0.15) is 0 Å². The van der Waals surface area contributed by atoms with Crippen molar-refractivity contribution in [3.05, 3.63) is 35.9 Å². The summed E-state index contributed by atoms with van der Waals surface area (Å²) in [5, 5.41) is 23.4. The molecule has 3 aliphatic heterocycles. The molecule has 3 heterocycles. The number of rotatable bonds is 65. The molecule has 3 aliphatic rings. The molecule has 4 rings (SSSR count). The second-order valence-electron chi connectivity index (χ2n) is 29.7. The van der Waals surface area contributed by atoms with E-state index in [2.05, 4.69) is 105 Å². The largest absolute Gasteiger partial charge is 0.377 e. The Balaban J connectivity index is 1.22. The summed E-state index contributed by atoms with van der Waals surface area (Å²) in [6.07, 6.45) is 6.26. The molecule has 656 valence electrons. The Morgan fingerprint density at radius 1 is 0.342 bits per heavy atom. The van der Waals surface area contributed by atoms with E-state index < -0.39 is 42.8 Å². The molecule has 8 N–H and O–H groups in total. The Morgan fingerprint density at radius 3 is 1.04 bits per heavy atom. The normalized spacial score (nSPS) is 24.1. The van der Waals surface area contributed by atoms with Crippen LogP contribution in [0.1, 0.15) is 172 Å². The van der Waals surface area contributed by atoms with Crippen LogP contribution in [0, 0.1) is 35.5 Å². The fourth-order valence-corrected chi connectivity index (χ4v) is 13.8. The number of amides is 8. The molecule has 0 radical (unpaired) electrons. The van der Waals surface area contributed by atoms with Crippen molar-refractivity contribution >= 4 is 47.3 Å². The summed E-state index contributed by atoms with van der Waals surface area (Å²) in [6.45, 7) is 29.1. The summed E-state index contributed by atoms with van der Waals surface area (Å²) >= 11 is 0. The van der Waals surface area contributed by atoms with Gasteiger partial charge in [-0.25, -0.2) is 0 Å². The molecule has 0 saturated carbocycles. The van der Waals surface area contributed by atoms with E-state index in [4.69, 9.17) is 75.8 Å². The van der Waals surface area contributed by atoms with Crippen molar-refractivity contribution < 1.29 is 114 Å². The minimum atomic E-state index is -1.09. The highest BCUT2D eigenvalue weighted by Crippen LogP contribution is 2.35. The Morgan fingerprint density at radius 2 is 0.667 bits per heavy atom. The lowest BCUT2D eigenvalue weighted by molar-refractivity contribution is -0.239. The van der Waals surface area contributed by atoms with Crippen molar-refractivity contribution in [1.29, 1.82) is 0 Å². The number of nitrogens with one attached hydrogen (secondary N) is 8. The van der Waals surface area contributed by atoms with E-state index in [-0.39, 0.29) is 232 Å². The maximum Gasteiger partial charge on any atom is 0.246 e. The number of hydrogen-bond acceptors (Lipinski definition) is 24. The standard InChI is InChI=1S/C82H144N8O24/c1-13-69-57(4)60(7)75(86-63(10)91)80(112-69)109-50-47-102-38-35-99-41-44-106-54-72(94)83-31-24-21-29-67(78(97)85-33-23-16-17-26-34-105-53-66-27-19-18-20-28-66)90-79(98)68(89-74(96)56-108-46-43-101-37-40-104-49-52-111-82-77(88-65(12)93)62(9)59(6)71(15-3)114-82)30-22-25-32-84-73(95)55-107-45-42-100-36-39-103-48-51-110-81-76(87-64(11)92)61(8)58(5)70(14-2)113-81/h18-20,27-28,57-62,67-71,75-77,80-82H,13-17,21-26,29-56H2,1-12H3,(H,83,94)(H,84,95)(H,85,97)(H,86,91)(H,87,92)(H,88,93)(H,89,96)(H,90,98)/t57-,58-,59-,60+,61+,62+,67+,68+,69-,70-,71-,75-,76-,77-,80-,81-,82-/m1/s1. The molecule has 3 saturated heterocycles. The zero-order chi connectivity index (χ0) is 83.1. The van der Waals surface area contributed by atoms with Gasteiger partial charge >= 0.3 is 0 Å². The zero-order valence-corrected chi connectivity index (χ0v) is 70.6. The average molecular weight is 1630 g/mol. The van der Waals surface area contributed by atoms with Gasteiger partial charge in [0, 0.05) is 47.0 Å². The van der Waals surface area contributed by atoms with Gasteiger partial charge in [0.1, 0.15) is 31.9 Å². The molecule has 17 atom stereocenters. The smallest absolute Gasteiger partial charge is 0.246 e. The molecule has 3 fully saturated rings. The second-order valence-corrected chi connectivity index (χ2v) is 29.7. The molecule has 0 aliphatic carbocycles. The van der Waals surface area contributed by atoms with Crippen molar-refractivity contribution in [3.63, 3.8) is 0 Å². The first kappa shape index (κ1) is 101. The predicted octanol–water partition coefficient (Wildman–Crippen LogP) is 5.36. The first-order chi connectivity index (χ1) is 55.1. The molecule has 0 unspecified atom stereocenters. The van der Waals surface area contributed by atoms with Gasteiger partial charge in [-0.1, -0.05) is 105 Å². The maximum absolute atomic E-state index is 14.4. The number of ether oxygens (including phenoxy) is 16. The second kappa shape index (κ2) is 61.6. The first-order valence-corrected chi connectivity index (χ1v) is 41.9. The zero-order valence-electron chi connectivity index (χ0n) is 70.6. The van der Waals surface area contributed by atoms with E-state index in [0.29, 0.717) is 91.5 Å². The Bertz CT molecular complexity index is 2770. The first-order valence-electron chi connectivity index (χ1n) is 41.9. The summed E-state index contributed by atoms with van der Waals surface area (Å²) in [5.74, 6) is -1.39. The number of carbonyl (C=O) groups excluding carboxylic acids is 8. The van der Waals surface area contributed by atoms with E-state index in [9.17, 15) is 38.4 Å². The molecular weight excluding hydrogens is 1480 g/mol. The number of unbranched alkanes of at least 4 members (excludes halogenated alkanes) is 5. The highest BCUT2D eigenvalue weighted by molar-refractivity contribution is 5.92. The number of benzene rings is 1. The molecule has 32 heteroatoms. The molecule has 8 amide bonds. The SMILES string of the molecule is CC[C@H]1O[C@@H](OCCOCCOCCOCC(=O)NCCCC[C@H](NC(=O)COCCOCCOCCO[C@@H]2O[C@H](CC)[C@H](C)[C@H](C)[C@H]2NC(C)=O)C(=O)N[C@@H](CCCCNC(=O)COCCOCCOCCO[C@@H]2O[C@H](CC)[C@H](C)[C@H](C)[C@H]2NC(C)=O)C(=O)NCCCCCCOCc2ccccc2)[C@H](NC(C)=O)[C@@H](C)[C@H]1C. The minimum absolute atomic E-state index is 0.00760. The lowest BCUT2D eigenvalue weighted by Gasteiger charge is -2.44. The summed E-state index contributed by atoms with van der Waals surface area (Å²) in [6, 6.07) is 7.08. The topological polar surface area (TPSA) is 380 Å². The van der Waals surface area contributed by atoms with E-state index in [0.717, 1.165) is 44.1 Å². The molecule has 1 aromatic carbocycles. The van der Waals surface area contributed by atoms with Crippen LogP contribution in [0.4, 0.5) is 0 Å². The van der Waals surface area contributed by atoms with Gasteiger partial charge in [0.2, 0.25) is 47.3 Å². The fraction of sp³-hybridized carbons (Fsp3) is 0.829. The summed E-state index contributed by atoms with van der Waals surface area (Å²) in [4.78, 5) is 103. The van der Waals surface area contributed by atoms with Crippen molar-refractivity contribution in [2.75, 3.05) is 165 Å². The van der Waals surface area contributed by atoms with Crippen LogP contribution in [0.15, 0.2) is 30.3 Å². The highest BCUT2D eigenvalue weighted by Gasteiger charge is 2.45. The third kappa shape index (κ3) is 42.6. The predicted molar refractivity (Wildman–Crippen MR) is 425 cm³/mol. The summed E-state index contributed by atoms with van der Waals surface area (Å²) in [5.41, 5.74) is 1.11. The molecule has 0 aromatic heterocycles. The Hall–Kier alpha value is -5.66. The average Bonchev–Trinajstić information content (AvgIpc) is 0.820. The van der Waals surface area contributed by atoms with Crippen LogP contribution in [0.3, 0.4) is 0 Å². The molecule has 32 nitrogen and oxygen atoms in total. The van der Waals surface area contributed by atoms with E-state index in [1.807, 2.05) is 30.3 Å². The van der Waals surface area contributed by atoms with Gasteiger partial charge in [-0.15, -0.1) is 0 Å². The molecule has 0 spiro atoms. The fourth-order valence-electron chi connectivity index (χ4n) is 13.8. The van der Waals surface area contributed by atoms with Crippen LogP contribution in [-0.4, -0.2) is 280 Å². The van der Waals surface area contributed by atoms with Gasteiger partial charge in [0.05, 0.1) is 162 Å². The quantitative estimate of drug-likeness (QED) is 0.0381. The van der Waals surface area contributed by atoms with Crippen molar-refractivity contribution in [2.45, 2.75) is 241 Å². The summed E-state index contributed by atoms with van der Waals surface area (Å²) < 4.78 is 93.3. The van der Waals surface area contributed by atoms with Crippen LogP contribution in [0.25, 0.3) is 0 Å². The Kier molecular flexibility index (Phi) is 54.4. The van der Waals surface area contributed by atoms with E-state index >= 15 is 0 Å². The van der Waals surface area contributed by atoms with Crippen molar-refractivity contribution in [3.8, 4) is 0 Å². The van der Waals surface area contributed by atoms with Crippen LogP contribution >= 0.6 is 0 Å². The highest BCUT2D eigenvalue weighted by atomic mass is 16.7. The minimum Gasteiger partial charge on any atom is -0.377 e. The molecule has 1 aromatic rings. The number of hydrogen-bond donors (Lipinski definition) is 8. The van der Waals surface area contributed by atoms with Crippen LogP contribution < -0.4 is 42.5 Å². The monoisotopic (exact) mass is 1630 g/mol. The van der Waals surface area contributed by atoms with Gasteiger partial charge in [-0.05, 0) is 112 Å². The third-order valence-electron chi connectivity index (χ3n) is 20.9. The van der Waals surface area contributed by atoms with Crippen molar-refractivity contribution in [1.82, 2.24) is 42.5 Å². The van der Waals surface area contributed by atoms with Gasteiger partial charge in [0.25, 0.3) is 0 Å². The Labute approximate surface area is 678 Å². The lowest BCUT2D eigenvalue weighted by Crippen LogP contribution is -2.57. The lowest BCUT2D eigenvalue weighted by atomic mass is 9.81. The van der Waals surface area contributed by atoms with E-state index in [1.165, 1.54) is 20.8 Å². The molecule has 114 heavy (non-hydrogen) atoms.